The molecule has 0 aliphatic heterocycles. The van der Waals surface area contributed by atoms with Gasteiger partial charge in [0.15, 0.2) is 0 Å². The second-order valence-electron chi connectivity index (χ2n) is 6.18. The maximum atomic E-state index is 2.73. The Morgan fingerprint density at radius 2 is 1.00 bits per heavy atom. The van der Waals surface area contributed by atoms with E-state index in [0.29, 0.717) is 0 Å². The second-order valence-corrected chi connectivity index (χ2v) is 21.4. The first-order chi connectivity index (χ1) is 6.68. The molecule has 0 N–H and O–H groups in total. The average molecular weight is 244 g/mol. The van der Waals surface area contributed by atoms with E-state index < -0.39 is 12.4 Å². The zero-order valence-electron chi connectivity index (χ0n) is 11.1. The molecule has 0 atom stereocenters. The first kappa shape index (κ1) is 15.2. The van der Waals surface area contributed by atoms with Gasteiger partial charge in [-0.15, -0.1) is 0 Å². The van der Waals surface area contributed by atoms with Gasteiger partial charge < -0.3 is 0 Å². The van der Waals surface area contributed by atoms with Crippen LogP contribution < -0.4 is 0 Å². The monoisotopic (exact) mass is 242 g/mol. The summed E-state index contributed by atoms with van der Waals surface area (Å²) < 4.78 is 0. The van der Waals surface area contributed by atoms with Crippen LogP contribution >= 0.6 is 0 Å². The molecule has 2 heteroatoms. The van der Waals surface area contributed by atoms with E-state index in [9.17, 15) is 0 Å². The number of rotatable bonds is 9. The molecule has 0 unspecified atom stereocenters. The predicted octanol–water partition coefficient (Wildman–Crippen LogP) is 4.88. The van der Waals surface area contributed by atoms with Gasteiger partial charge in [-0.3, -0.25) is 0 Å². The third-order valence-corrected chi connectivity index (χ3v) is 18.3. The Hall–Kier alpha value is 1.22. The van der Waals surface area contributed by atoms with Gasteiger partial charge in [-0.25, -0.2) is 0 Å². The fraction of sp³-hybridized carbons (Fsp3) is 1.00. The summed E-state index contributed by atoms with van der Waals surface area (Å²) in [5.41, 5.74) is 0. The Morgan fingerprint density at radius 1 is 0.714 bits per heavy atom. The molecular formula is C12H27LiZn. The Morgan fingerprint density at radius 3 is 1.21 bits per heavy atom. The van der Waals surface area contributed by atoms with E-state index in [0.717, 1.165) is 0 Å². The van der Waals surface area contributed by atoms with E-state index in [1.807, 2.05) is 0 Å². The van der Waals surface area contributed by atoms with Gasteiger partial charge in [-0.1, -0.05) is 0 Å². The van der Waals surface area contributed by atoms with Gasteiger partial charge in [0.1, 0.15) is 0 Å². The topological polar surface area (TPSA) is 0 Å². The van der Waals surface area contributed by atoms with Crippen molar-refractivity contribution in [2.24, 2.45) is 0 Å². The molecule has 78 valence electrons. The van der Waals surface area contributed by atoms with E-state index >= 15 is 0 Å². The molecule has 0 aromatic carbocycles. The SMILES string of the molecule is [Li][Zn]([CH2]CCC)([CH2]CCC)[CH2]CCC. The van der Waals surface area contributed by atoms with Crippen molar-refractivity contribution in [2.75, 3.05) is 0 Å². The molecule has 0 aromatic rings. The normalized spacial score (nSPS) is 10.9. The summed E-state index contributed by atoms with van der Waals surface area (Å²) >= 11 is 1.07. The van der Waals surface area contributed by atoms with Gasteiger partial charge in [0.2, 0.25) is 0 Å². The number of unbranched alkanes of at least 4 members (excludes halogenated alkanes) is 3. The van der Waals surface area contributed by atoms with Crippen LogP contribution in [0.15, 0.2) is 0 Å². The molecule has 0 aliphatic rings. The zero-order valence-corrected chi connectivity index (χ0v) is 14.0. The molecule has 0 radical (unpaired) electrons. The minimum atomic E-state index is -1.66. The van der Waals surface area contributed by atoms with E-state index in [-0.39, 0.29) is 0 Å². The second kappa shape index (κ2) is 9.45. The Kier molecular flexibility index (Phi) is 10.3. The van der Waals surface area contributed by atoms with Gasteiger partial charge in [-0.05, 0) is 0 Å². The molecule has 0 fully saturated rings. The van der Waals surface area contributed by atoms with E-state index in [4.69, 9.17) is 0 Å². The molecule has 0 aromatic heterocycles. The van der Waals surface area contributed by atoms with Crippen LogP contribution in [0.5, 0.6) is 0 Å². The van der Waals surface area contributed by atoms with Crippen LogP contribution in [0, 0.1) is 0 Å². The minimum absolute atomic E-state index is 1.41. The molecule has 0 spiro atoms. The summed E-state index contributed by atoms with van der Waals surface area (Å²) in [6.45, 7) is 7.02. The molecule has 14 heavy (non-hydrogen) atoms. The van der Waals surface area contributed by atoms with Crippen LogP contribution in [0.4, 0.5) is 0 Å². The average Bonchev–Trinajstić information content (AvgIpc) is 2.21. The molecule has 0 rings (SSSR count). The van der Waals surface area contributed by atoms with Crippen LogP contribution in [0.25, 0.3) is 0 Å². The van der Waals surface area contributed by atoms with Crippen molar-refractivity contribution in [3.05, 3.63) is 0 Å². The van der Waals surface area contributed by atoms with Crippen LogP contribution in [0.1, 0.15) is 59.3 Å². The van der Waals surface area contributed by atoms with Crippen molar-refractivity contribution in [3.8, 4) is 0 Å². The van der Waals surface area contributed by atoms with Crippen molar-refractivity contribution >= 4 is 15.3 Å². The van der Waals surface area contributed by atoms with Gasteiger partial charge in [0.05, 0.1) is 0 Å². The van der Waals surface area contributed by atoms with Crippen LogP contribution in [-0.4, -0.2) is 15.3 Å². The summed E-state index contributed by atoms with van der Waals surface area (Å²) in [4.78, 5) is 0. The summed E-state index contributed by atoms with van der Waals surface area (Å²) in [5, 5.41) is 5.00. The molecule has 0 amide bonds. The summed E-state index contributed by atoms with van der Waals surface area (Å²) in [5.74, 6) is 0. The van der Waals surface area contributed by atoms with Crippen molar-refractivity contribution in [3.63, 3.8) is 0 Å². The fourth-order valence-corrected chi connectivity index (χ4v) is 16.1. The van der Waals surface area contributed by atoms with E-state index in [2.05, 4.69) is 36.0 Å². The Labute approximate surface area is 102 Å². The fourth-order valence-electron chi connectivity index (χ4n) is 3.09. The molecule has 0 heterocycles. The molecule has 0 saturated carbocycles. The summed E-state index contributed by atoms with van der Waals surface area (Å²) in [7, 11) is 0. The zero-order chi connectivity index (χ0) is 10.9. The van der Waals surface area contributed by atoms with E-state index in [1.165, 1.54) is 38.5 Å². The van der Waals surface area contributed by atoms with Crippen LogP contribution in [0.2, 0.25) is 15.0 Å². The predicted molar refractivity (Wildman–Crippen MR) is 64.9 cm³/mol. The number of hydrogen-bond acceptors (Lipinski definition) is 0. The van der Waals surface area contributed by atoms with Gasteiger partial charge in [0.25, 0.3) is 0 Å². The Balaban J connectivity index is 3.89. The van der Waals surface area contributed by atoms with Gasteiger partial charge in [0, 0.05) is 0 Å². The quantitative estimate of drug-likeness (QED) is 0.507. The van der Waals surface area contributed by atoms with E-state index in [1.54, 1.807) is 15.0 Å². The van der Waals surface area contributed by atoms with Crippen LogP contribution in [-0.2, 0) is 12.4 Å². The first-order valence-electron chi connectivity index (χ1n) is 7.33. The van der Waals surface area contributed by atoms with Crippen molar-refractivity contribution in [2.45, 2.75) is 74.3 Å². The third kappa shape index (κ3) is 7.50. The summed E-state index contributed by atoms with van der Waals surface area (Å²) in [6.07, 6.45) is 8.78. The van der Waals surface area contributed by atoms with Crippen molar-refractivity contribution < 1.29 is 12.4 Å². The van der Waals surface area contributed by atoms with Gasteiger partial charge in [-0.2, -0.15) is 0 Å². The standard InChI is InChI=1S/3C4H9.Li.Zn/c3*1-3-4-2;;/h3*1,3-4H2,2H3;;. The molecular weight excluding hydrogens is 216 g/mol. The molecule has 0 bridgehead atoms. The first-order valence-corrected chi connectivity index (χ1v) is 16.6. The summed E-state index contributed by atoms with van der Waals surface area (Å²) in [6, 6.07) is 0. The number of hydrogen-bond donors (Lipinski definition) is 0. The van der Waals surface area contributed by atoms with Crippen molar-refractivity contribution in [1.82, 2.24) is 0 Å². The molecule has 0 aliphatic carbocycles. The van der Waals surface area contributed by atoms with Crippen molar-refractivity contribution in [1.29, 1.82) is 0 Å². The maximum absolute atomic E-state index is 2.73. The van der Waals surface area contributed by atoms with Crippen LogP contribution in [0.3, 0.4) is 0 Å². The molecule has 0 nitrogen and oxygen atoms in total. The van der Waals surface area contributed by atoms with Gasteiger partial charge >= 0.3 is 102 Å². The molecule has 0 saturated heterocycles. The Bertz CT molecular complexity index is 104. The third-order valence-electron chi connectivity index (χ3n) is 4.37.